The molecule has 0 N–H and O–H groups in total. The van der Waals surface area contributed by atoms with Crippen LogP contribution in [0.5, 0.6) is 5.75 Å². The second-order valence-corrected chi connectivity index (χ2v) is 10.1. The molecule has 2 aliphatic heterocycles. The van der Waals surface area contributed by atoms with Crippen LogP contribution in [0.15, 0.2) is 48.5 Å². The fraction of sp³-hybridized carbons (Fsp3) is 0.154. The quantitative estimate of drug-likeness (QED) is 0.118. The van der Waals surface area contributed by atoms with Gasteiger partial charge in [0.15, 0.2) is 0 Å². The van der Waals surface area contributed by atoms with E-state index in [1.165, 1.54) is 24.3 Å². The number of aryl methyl sites for hydroxylation is 1. The van der Waals surface area contributed by atoms with Gasteiger partial charge in [0.1, 0.15) is 5.75 Å². The van der Waals surface area contributed by atoms with Crippen LogP contribution in [-0.2, 0) is 9.59 Å². The molecule has 3 amide bonds. The van der Waals surface area contributed by atoms with Gasteiger partial charge in [-0.1, -0.05) is 64.1 Å². The highest BCUT2D eigenvalue weighted by Crippen LogP contribution is 2.45. The van der Waals surface area contributed by atoms with E-state index in [4.69, 9.17) is 51.1 Å². The van der Waals surface area contributed by atoms with Crippen LogP contribution in [0.4, 0.5) is 11.4 Å². The van der Waals surface area contributed by atoms with Crippen molar-refractivity contribution in [2.45, 2.75) is 13.3 Å². The summed E-state index contributed by atoms with van der Waals surface area (Å²) in [6, 6.07) is 13.2. The van der Waals surface area contributed by atoms with Crippen LogP contribution < -0.4 is 14.5 Å². The Morgan fingerprint density at radius 3 is 1.84 bits per heavy atom. The Bertz CT molecular complexity index is 1440. The van der Waals surface area contributed by atoms with Crippen LogP contribution in [-0.4, -0.2) is 30.2 Å². The minimum absolute atomic E-state index is 0.0342. The predicted octanol–water partition coefficient (Wildman–Crippen LogP) is 6.37. The molecule has 0 saturated carbocycles. The normalized spacial score (nSPS) is 17.0. The maximum Gasteiger partial charge on any atom is 0.316 e. The largest absolute Gasteiger partial charge is 0.426 e. The Balaban J connectivity index is 1.31. The summed E-state index contributed by atoms with van der Waals surface area (Å²) >= 11 is 24.5. The SMILES string of the molecule is Cc1ccc(N2C[C@@H](C(=O)Oc3ccc(N4C(=O)c5c(Cl)c(Cl)c(Cl)c(Cl)c5C4=O)cc3)CC2=O)cc1. The Hall–Kier alpha value is -3.10. The molecule has 0 unspecified atom stereocenters. The van der Waals surface area contributed by atoms with Gasteiger partial charge in [-0.2, -0.15) is 0 Å². The molecule has 5 rings (SSSR count). The highest BCUT2D eigenvalue weighted by Gasteiger charge is 2.42. The van der Waals surface area contributed by atoms with Gasteiger partial charge in [-0.05, 0) is 43.3 Å². The van der Waals surface area contributed by atoms with Gasteiger partial charge in [-0.15, -0.1) is 0 Å². The minimum Gasteiger partial charge on any atom is -0.426 e. The molecule has 0 bridgehead atoms. The fourth-order valence-electron chi connectivity index (χ4n) is 4.29. The van der Waals surface area contributed by atoms with Gasteiger partial charge >= 0.3 is 5.97 Å². The molecule has 0 aliphatic carbocycles. The molecule has 0 radical (unpaired) electrons. The maximum atomic E-state index is 13.0. The van der Waals surface area contributed by atoms with Crippen LogP contribution in [0.1, 0.15) is 32.7 Å². The van der Waals surface area contributed by atoms with E-state index in [1.54, 1.807) is 4.90 Å². The van der Waals surface area contributed by atoms with Crippen molar-refractivity contribution in [3.8, 4) is 5.75 Å². The van der Waals surface area contributed by atoms with E-state index in [2.05, 4.69) is 0 Å². The summed E-state index contributed by atoms with van der Waals surface area (Å²) < 4.78 is 5.47. The number of imide groups is 1. The number of ether oxygens (including phenoxy) is 1. The van der Waals surface area contributed by atoms with E-state index >= 15 is 0 Å². The fourth-order valence-corrected chi connectivity index (χ4v) is 5.30. The van der Waals surface area contributed by atoms with E-state index in [1.807, 2.05) is 31.2 Å². The van der Waals surface area contributed by atoms with Gasteiger partial charge in [0.2, 0.25) is 5.91 Å². The third-order valence-electron chi connectivity index (χ3n) is 6.22. The van der Waals surface area contributed by atoms with Crippen molar-refractivity contribution in [3.63, 3.8) is 0 Å². The average molecular weight is 578 g/mol. The molecule has 0 aromatic heterocycles. The topological polar surface area (TPSA) is 84.0 Å². The number of hydrogen-bond donors (Lipinski definition) is 0. The first-order chi connectivity index (χ1) is 17.6. The molecular weight excluding hydrogens is 562 g/mol. The third kappa shape index (κ3) is 4.36. The zero-order chi connectivity index (χ0) is 26.6. The molecule has 37 heavy (non-hydrogen) atoms. The summed E-state index contributed by atoms with van der Waals surface area (Å²) in [5.41, 5.74) is 1.72. The summed E-state index contributed by atoms with van der Waals surface area (Å²) in [6.07, 6.45) is 0.0342. The number of amides is 3. The first-order valence-corrected chi connectivity index (χ1v) is 12.5. The number of benzene rings is 3. The average Bonchev–Trinajstić information content (AvgIpc) is 3.39. The summed E-state index contributed by atoms with van der Waals surface area (Å²) in [4.78, 5) is 53.7. The Labute approximate surface area is 231 Å². The van der Waals surface area contributed by atoms with Crippen molar-refractivity contribution < 1.29 is 23.9 Å². The monoisotopic (exact) mass is 576 g/mol. The molecular formula is C26H16Cl4N2O5. The number of fused-ring (bicyclic) bond motifs is 1. The first kappa shape index (κ1) is 25.5. The second-order valence-electron chi connectivity index (χ2n) is 8.61. The molecule has 1 atom stereocenters. The molecule has 2 aliphatic rings. The predicted molar refractivity (Wildman–Crippen MR) is 141 cm³/mol. The van der Waals surface area contributed by atoms with E-state index in [0.29, 0.717) is 0 Å². The highest BCUT2D eigenvalue weighted by molar-refractivity contribution is 6.56. The van der Waals surface area contributed by atoms with Crippen molar-refractivity contribution in [3.05, 3.63) is 85.3 Å². The van der Waals surface area contributed by atoms with Gasteiger partial charge < -0.3 is 9.64 Å². The number of rotatable bonds is 4. The lowest BCUT2D eigenvalue weighted by Crippen LogP contribution is -2.29. The summed E-state index contributed by atoms with van der Waals surface area (Å²) in [5, 5.41) is -0.570. The number of halogens is 4. The van der Waals surface area contributed by atoms with Crippen LogP contribution in [0.2, 0.25) is 20.1 Å². The summed E-state index contributed by atoms with van der Waals surface area (Å²) in [6.45, 7) is 2.16. The molecule has 188 valence electrons. The molecule has 3 aromatic carbocycles. The minimum atomic E-state index is -0.712. The smallest absolute Gasteiger partial charge is 0.316 e. The zero-order valence-corrected chi connectivity index (χ0v) is 22.1. The second kappa shape index (κ2) is 9.65. The Morgan fingerprint density at radius 1 is 0.784 bits per heavy atom. The van der Waals surface area contributed by atoms with E-state index in [0.717, 1.165) is 16.2 Å². The molecule has 2 heterocycles. The standard InChI is InChI=1S/C26H16Cl4N2O5/c1-12-2-4-14(5-3-12)31-11-13(10-17(31)33)26(36)37-16-8-6-15(7-9-16)32-24(34)18-19(25(32)35)21(28)23(30)22(29)20(18)27/h2-9,13H,10-11H2,1H3/t13-/m0/s1. The van der Waals surface area contributed by atoms with Crippen LogP contribution in [0.25, 0.3) is 0 Å². The summed E-state index contributed by atoms with van der Waals surface area (Å²) in [7, 11) is 0. The molecule has 1 fully saturated rings. The molecule has 7 nitrogen and oxygen atoms in total. The summed E-state index contributed by atoms with van der Waals surface area (Å²) in [5.74, 6) is -2.59. The lowest BCUT2D eigenvalue weighted by atomic mass is 10.1. The van der Waals surface area contributed by atoms with Crippen LogP contribution >= 0.6 is 46.4 Å². The van der Waals surface area contributed by atoms with Gasteiger partial charge in [-0.3, -0.25) is 19.2 Å². The zero-order valence-electron chi connectivity index (χ0n) is 19.1. The van der Waals surface area contributed by atoms with E-state index in [-0.39, 0.29) is 61.5 Å². The van der Waals surface area contributed by atoms with Gasteiger partial charge in [0.05, 0.1) is 42.8 Å². The van der Waals surface area contributed by atoms with E-state index in [9.17, 15) is 19.2 Å². The Kier molecular flexibility index (Phi) is 6.66. The van der Waals surface area contributed by atoms with Crippen molar-refractivity contribution in [2.75, 3.05) is 16.3 Å². The first-order valence-electron chi connectivity index (χ1n) is 11.0. The lowest BCUT2D eigenvalue weighted by molar-refractivity contribution is -0.139. The number of carbonyl (C=O) groups is 4. The van der Waals surface area contributed by atoms with Gasteiger partial charge in [-0.25, -0.2) is 4.90 Å². The number of hydrogen-bond acceptors (Lipinski definition) is 5. The van der Waals surface area contributed by atoms with Crippen LogP contribution in [0.3, 0.4) is 0 Å². The van der Waals surface area contributed by atoms with E-state index < -0.39 is 23.7 Å². The number of carbonyl (C=O) groups excluding carboxylic acids is 4. The maximum absolute atomic E-state index is 13.0. The van der Waals surface area contributed by atoms with Crippen molar-refractivity contribution in [2.24, 2.45) is 5.92 Å². The molecule has 11 heteroatoms. The highest BCUT2D eigenvalue weighted by atomic mass is 35.5. The number of esters is 1. The number of anilines is 2. The van der Waals surface area contributed by atoms with Crippen molar-refractivity contribution in [1.82, 2.24) is 0 Å². The Morgan fingerprint density at radius 2 is 1.30 bits per heavy atom. The molecule has 1 saturated heterocycles. The lowest BCUT2D eigenvalue weighted by Gasteiger charge is -2.17. The number of nitrogens with zero attached hydrogens (tertiary/aromatic N) is 2. The van der Waals surface area contributed by atoms with Crippen molar-refractivity contribution >= 4 is 81.5 Å². The molecule has 3 aromatic rings. The van der Waals surface area contributed by atoms with Gasteiger partial charge in [0.25, 0.3) is 11.8 Å². The van der Waals surface area contributed by atoms with Gasteiger partial charge in [0, 0.05) is 18.7 Å². The van der Waals surface area contributed by atoms with Crippen molar-refractivity contribution in [1.29, 1.82) is 0 Å². The molecule has 0 spiro atoms. The third-order valence-corrected chi connectivity index (χ3v) is 8.02. The van der Waals surface area contributed by atoms with Crippen LogP contribution in [0, 0.1) is 12.8 Å².